The van der Waals surface area contributed by atoms with Crippen LogP contribution in [0.25, 0.3) is 5.69 Å². The first kappa shape index (κ1) is 13.3. The van der Waals surface area contributed by atoms with Crippen molar-refractivity contribution in [1.82, 2.24) is 15.0 Å². The van der Waals surface area contributed by atoms with Gasteiger partial charge < -0.3 is 0 Å². The third kappa shape index (κ3) is 3.02. The first-order chi connectivity index (χ1) is 8.11. The molecule has 0 radical (unpaired) electrons. The number of nitrogens with zero attached hydrogens (tertiary/aromatic N) is 3. The van der Waals surface area contributed by atoms with Crippen molar-refractivity contribution >= 4 is 55.1 Å². The van der Waals surface area contributed by atoms with Crippen LogP contribution in [0.2, 0.25) is 10.0 Å². The highest BCUT2D eigenvalue weighted by Gasteiger charge is 2.11. The summed E-state index contributed by atoms with van der Waals surface area (Å²) in [4.78, 5) is 0. The maximum atomic E-state index is 6.14. The lowest BCUT2D eigenvalue weighted by atomic mass is 10.3. The fourth-order valence-electron chi connectivity index (χ4n) is 1.37. The van der Waals surface area contributed by atoms with Crippen LogP contribution in [0.4, 0.5) is 0 Å². The maximum Gasteiger partial charge on any atom is 0.104 e. The molecule has 0 unspecified atom stereocenters. The Bertz CT molecular complexity index is 519. The van der Waals surface area contributed by atoms with Gasteiger partial charge in [-0.25, -0.2) is 4.68 Å². The van der Waals surface area contributed by atoms with Gasteiger partial charge in [-0.1, -0.05) is 60.3 Å². The van der Waals surface area contributed by atoms with Gasteiger partial charge in [-0.05, 0) is 12.1 Å². The van der Waals surface area contributed by atoms with E-state index in [0.29, 0.717) is 15.7 Å². The molecule has 0 aliphatic carbocycles. The summed E-state index contributed by atoms with van der Waals surface area (Å²) < 4.78 is 2.42. The van der Waals surface area contributed by atoms with Crippen molar-refractivity contribution in [1.29, 1.82) is 0 Å². The molecule has 0 fully saturated rings. The third-order valence-electron chi connectivity index (χ3n) is 2.10. The van der Waals surface area contributed by atoms with Gasteiger partial charge in [-0.3, -0.25) is 0 Å². The number of aryl methyl sites for hydroxylation is 1. The summed E-state index contributed by atoms with van der Waals surface area (Å²) in [5.74, 6) is 0. The zero-order valence-corrected chi connectivity index (χ0v) is 13.2. The number of hydrogen-bond donors (Lipinski definition) is 0. The summed E-state index contributed by atoms with van der Waals surface area (Å²) in [6.07, 6.45) is 2.63. The minimum Gasteiger partial charge on any atom is -0.217 e. The Morgan fingerprint density at radius 3 is 2.47 bits per heavy atom. The fraction of sp³-hybridized carbons (Fsp3) is 0.200. The highest BCUT2D eigenvalue weighted by molar-refractivity contribution is 9.10. The summed E-state index contributed by atoms with van der Waals surface area (Å²) in [6, 6.07) is 3.54. The second-order valence-electron chi connectivity index (χ2n) is 3.31. The van der Waals surface area contributed by atoms with Crippen LogP contribution in [0.15, 0.2) is 22.8 Å². The summed E-state index contributed by atoms with van der Waals surface area (Å²) in [5.41, 5.74) is 1.53. The predicted molar refractivity (Wildman–Crippen MR) is 76.6 cm³/mol. The number of rotatable bonds is 3. The molecule has 0 aliphatic rings. The van der Waals surface area contributed by atoms with Gasteiger partial charge in [0, 0.05) is 16.2 Å². The van der Waals surface area contributed by atoms with Crippen molar-refractivity contribution < 1.29 is 0 Å². The first-order valence-electron chi connectivity index (χ1n) is 4.74. The maximum absolute atomic E-state index is 6.14. The Balaban J connectivity index is 2.45. The van der Waals surface area contributed by atoms with Crippen LogP contribution in [-0.2, 0) is 6.42 Å². The molecule has 0 aliphatic heterocycles. The van der Waals surface area contributed by atoms with E-state index >= 15 is 0 Å². The quantitative estimate of drug-likeness (QED) is 0.721. The summed E-state index contributed by atoms with van der Waals surface area (Å²) in [7, 11) is 0. The van der Waals surface area contributed by atoms with Crippen molar-refractivity contribution in [2.45, 2.75) is 6.42 Å². The van der Waals surface area contributed by atoms with Crippen LogP contribution >= 0.6 is 55.1 Å². The Morgan fingerprint density at radius 2 is 1.88 bits per heavy atom. The van der Waals surface area contributed by atoms with Gasteiger partial charge in [0.15, 0.2) is 0 Å². The lowest BCUT2D eigenvalue weighted by Crippen LogP contribution is -1.97. The van der Waals surface area contributed by atoms with Gasteiger partial charge in [0.05, 0.1) is 21.9 Å². The van der Waals surface area contributed by atoms with E-state index < -0.39 is 0 Å². The van der Waals surface area contributed by atoms with Crippen LogP contribution < -0.4 is 0 Å². The molecule has 0 spiro atoms. The molecule has 1 heterocycles. The van der Waals surface area contributed by atoms with Gasteiger partial charge in [0.1, 0.15) is 5.69 Å². The molecule has 17 heavy (non-hydrogen) atoms. The number of halogens is 4. The number of benzene rings is 1. The van der Waals surface area contributed by atoms with Gasteiger partial charge in [0.25, 0.3) is 0 Å². The lowest BCUT2D eigenvalue weighted by Gasteiger charge is -2.06. The number of alkyl halides is 1. The van der Waals surface area contributed by atoms with E-state index in [0.717, 1.165) is 21.9 Å². The molecule has 1 aromatic carbocycles. The van der Waals surface area contributed by atoms with E-state index in [2.05, 4.69) is 42.2 Å². The Hall–Kier alpha value is -0.100. The average molecular weight is 400 g/mol. The van der Waals surface area contributed by atoms with E-state index in [1.165, 1.54) is 0 Å². The SMILES string of the molecule is Clc1cc(Br)cc(Cl)c1-n1cc(CCBr)nn1. The summed E-state index contributed by atoms with van der Waals surface area (Å²) in [5, 5.41) is 9.95. The Morgan fingerprint density at radius 1 is 1.24 bits per heavy atom. The molecule has 0 saturated heterocycles. The highest BCUT2D eigenvalue weighted by atomic mass is 79.9. The van der Waals surface area contributed by atoms with Crippen LogP contribution in [0.5, 0.6) is 0 Å². The molecular formula is C10H7Br2Cl2N3. The zero-order chi connectivity index (χ0) is 12.4. The minimum atomic E-state index is 0.527. The molecule has 0 atom stereocenters. The predicted octanol–water partition coefficient (Wildman–Crippen LogP) is 4.27. The number of hydrogen-bond acceptors (Lipinski definition) is 2. The van der Waals surface area contributed by atoms with Gasteiger partial charge >= 0.3 is 0 Å². The molecule has 90 valence electrons. The molecule has 0 N–H and O–H groups in total. The smallest absolute Gasteiger partial charge is 0.104 e. The largest absolute Gasteiger partial charge is 0.217 e. The van der Waals surface area contributed by atoms with E-state index in [9.17, 15) is 0 Å². The fourth-order valence-corrected chi connectivity index (χ4v) is 3.16. The molecule has 0 bridgehead atoms. The molecular weight excluding hydrogens is 393 g/mol. The van der Waals surface area contributed by atoms with Crippen molar-refractivity contribution in [2.24, 2.45) is 0 Å². The summed E-state index contributed by atoms with van der Waals surface area (Å²) >= 11 is 19.0. The van der Waals surface area contributed by atoms with Crippen molar-refractivity contribution in [3.05, 3.63) is 38.5 Å². The van der Waals surface area contributed by atoms with Crippen molar-refractivity contribution in [2.75, 3.05) is 5.33 Å². The molecule has 3 nitrogen and oxygen atoms in total. The Labute approximate surface area is 125 Å². The van der Waals surface area contributed by atoms with Gasteiger partial charge in [0.2, 0.25) is 0 Å². The highest BCUT2D eigenvalue weighted by Crippen LogP contribution is 2.31. The average Bonchev–Trinajstić information content (AvgIpc) is 2.65. The van der Waals surface area contributed by atoms with Crippen LogP contribution in [0.1, 0.15) is 5.69 Å². The molecule has 0 saturated carbocycles. The molecule has 2 aromatic rings. The lowest BCUT2D eigenvalue weighted by molar-refractivity contribution is 0.798. The third-order valence-corrected chi connectivity index (χ3v) is 3.53. The molecule has 7 heteroatoms. The molecule has 0 amide bonds. The van der Waals surface area contributed by atoms with Crippen molar-refractivity contribution in [3.63, 3.8) is 0 Å². The molecule has 2 rings (SSSR count). The normalized spacial score (nSPS) is 10.8. The second-order valence-corrected chi connectivity index (χ2v) is 5.83. The number of aromatic nitrogens is 3. The zero-order valence-electron chi connectivity index (χ0n) is 8.50. The van der Waals surface area contributed by atoms with Crippen LogP contribution in [0, 0.1) is 0 Å². The van der Waals surface area contributed by atoms with E-state index in [-0.39, 0.29) is 0 Å². The minimum absolute atomic E-state index is 0.527. The van der Waals surface area contributed by atoms with E-state index in [4.69, 9.17) is 23.2 Å². The molecule has 1 aromatic heterocycles. The summed E-state index contributed by atoms with van der Waals surface area (Å²) in [6.45, 7) is 0. The van der Waals surface area contributed by atoms with Crippen molar-refractivity contribution in [3.8, 4) is 5.69 Å². The van der Waals surface area contributed by atoms with Gasteiger partial charge in [-0.2, -0.15) is 0 Å². The van der Waals surface area contributed by atoms with E-state index in [1.54, 1.807) is 16.8 Å². The van der Waals surface area contributed by atoms with E-state index in [1.807, 2.05) is 6.20 Å². The first-order valence-corrected chi connectivity index (χ1v) is 7.41. The standard InChI is InChI=1S/C10H7Br2Cl2N3/c11-2-1-7-5-17(16-15-7)10-8(13)3-6(12)4-9(10)14/h3-5H,1-2H2. The Kier molecular flexibility index (Phi) is 4.47. The topological polar surface area (TPSA) is 30.7 Å². The van der Waals surface area contributed by atoms with Crippen LogP contribution in [0.3, 0.4) is 0 Å². The second kappa shape index (κ2) is 5.69. The van der Waals surface area contributed by atoms with Crippen LogP contribution in [-0.4, -0.2) is 20.3 Å². The van der Waals surface area contributed by atoms with Gasteiger partial charge in [-0.15, -0.1) is 5.10 Å². The monoisotopic (exact) mass is 397 g/mol.